The number of hydrogen-bond acceptors (Lipinski definition) is 4. The van der Waals surface area contributed by atoms with Crippen LogP contribution in [0.3, 0.4) is 0 Å². The van der Waals surface area contributed by atoms with Crippen LogP contribution in [0, 0.1) is 5.92 Å². The highest BCUT2D eigenvalue weighted by Gasteiger charge is 2.17. The van der Waals surface area contributed by atoms with Crippen LogP contribution in [0.25, 0.3) is 0 Å². The Morgan fingerprint density at radius 1 is 1.56 bits per heavy atom. The van der Waals surface area contributed by atoms with Gasteiger partial charge >= 0.3 is 0 Å². The first-order valence-electron chi connectivity index (χ1n) is 6.64. The van der Waals surface area contributed by atoms with E-state index in [1.807, 2.05) is 12.1 Å². The van der Waals surface area contributed by atoms with E-state index in [9.17, 15) is 0 Å². The summed E-state index contributed by atoms with van der Waals surface area (Å²) in [4.78, 5) is 4.34. The van der Waals surface area contributed by atoms with Gasteiger partial charge in [0.2, 0.25) is 0 Å². The highest BCUT2D eigenvalue weighted by Crippen LogP contribution is 2.17. The highest BCUT2D eigenvalue weighted by atomic mass is 16.5. The molecule has 1 N–H and O–H groups in total. The molecule has 2 rings (SSSR count). The summed E-state index contributed by atoms with van der Waals surface area (Å²) in [5.74, 6) is 1.54. The van der Waals surface area contributed by atoms with Gasteiger partial charge in [-0.15, -0.1) is 0 Å². The maximum atomic E-state index is 5.85. The molecule has 0 saturated carbocycles. The standard InChI is InChI=1S/C14H22N2O2/c1-11(2)8-15-9-12-7-13(3-5-16-12)18-14-4-6-17-10-14/h3,5,7,11,14-15H,4,6,8-10H2,1-2H3. The van der Waals surface area contributed by atoms with Gasteiger partial charge in [0.1, 0.15) is 11.9 Å². The molecule has 1 saturated heterocycles. The van der Waals surface area contributed by atoms with Gasteiger partial charge in [-0.3, -0.25) is 4.98 Å². The average Bonchev–Trinajstić information content (AvgIpc) is 2.82. The molecular formula is C14H22N2O2. The molecule has 4 heteroatoms. The van der Waals surface area contributed by atoms with Crippen LogP contribution in [0.4, 0.5) is 0 Å². The monoisotopic (exact) mass is 250 g/mol. The maximum Gasteiger partial charge on any atom is 0.124 e. The van der Waals surface area contributed by atoms with Gasteiger partial charge in [0.25, 0.3) is 0 Å². The number of aromatic nitrogens is 1. The van der Waals surface area contributed by atoms with Crippen molar-refractivity contribution in [3.63, 3.8) is 0 Å². The topological polar surface area (TPSA) is 43.4 Å². The van der Waals surface area contributed by atoms with Gasteiger partial charge in [0, 0.05) is 25.2 Å². The molecule has 1 aliphatic rings. The Balaban J connectivity index is 1.84. The van der Waals surface area contributed by atoms with Gasteiger partial charge in [-0.1, -0.05) is 13.8 Å². The first kappa shape index (κ1) is 13.3. The van der Waals surface area contributed by atoms with Gasteiger partial charge in [-0.05, 0) is 18.5 Å². The van der Waals surface area contributed by atoms with Crippen LogP contribution in [0.2, 0.25) is 0 Å². The van der Waals surface area contributed by atoms with E-state index in [1.165, 1.54) is 0 Å². The predicted octanol–water partition coefficient (Wildman–Crippen LogP) is 1.99. The van der Waals surface area contributed by atoms with E-state index < -0.39 is 0 Å². The second kappa shape index (κ2) is 6.71. The summed E-state index contributed by atoms with van der Waals surface area (Å²) in [6.45, 7) is 7.68. The van der Waals surface area contributed by atoms with Gasteiger partial charge in [-0.25, -0.2) is 0 Å². The minimum atomic E-state index is 0.198. The maximum absolute atomic E-state index is 5.85. The van der Waals surface area contributed by atoms with Crippen LogP contribution in [-0.2, 0) is 11.3 Å². The summed E-state index contributed by atoms with van der Waals surface area (Å²) < 4.78 is 11.1. The Bertz CT molecular complexity index is 363. The van der Waals surface area contributed by atoms with Crippen LogP contribution in [0.5, 0.6) is 5.75 Å². The summed E-state index contributed by atoms with van der Waals surface area (Å²) in [5, 5.41) is 3.38. The van der Waals surface area contributed by atoms with Crippen molar-refractivity contribution in [1.82, 2.24) is 10.3 Å². The van der Waals surface area contributed by atoms with Crippen molar-refractivity contribution >= 4 is 0 Å². The largest absolute Gasteiger partial charge is 0.488 e. The molecule has 1 fully saturated rings. The van der Waals surface area contributed by atoms with Crippen LogP contribution in [-0.4, -0.2) is 30.8 Å². The quantitative estimate of drug-likeness (QED) is 0.838. The molecule has 0 spiro atoms. The lowest BCUT2D eigenvalue weighted by Gasteiger charge is -2.12. The van der Waals surface area contributed by atoms with E-state index in [2.05, 4.69) is 24.1 Å². The Labute approximate surface area is 109 Å². The minimum Gasteiger partial charge on any atom is -0.488 e. The molecule has 4 nitrogen and oxygen atoms in total. The molecule has 0 aromatic carbocycles. The lowest BCUT2D eigenvalue weighted by atomic mass is 10.2. The Kier molecular flexibility index (Phi) is 4.96. The number of ether oxygens (including phenoxy) is 2. The summed E-state index contributed by atoms with van der Waals surface area (Å²) in [5.41, 5.74) is 1.02. The van der Waals surface area contributed by atoms with Crippen LogP contribution >= 0.6 is 0 Å². The Morgan fingerprint density at radius 3 is 3.17 bits per heavy atom. The molecule has 100 valence electrons. The summed E-state index contributed by atoms with van der Waals surface area (Å²) in [7, 11) is 0. The fraction of sp³-hybridized carbons (Fsp3) is 0.643. The zero-order valence-corrected chi connectivity index (χ0v) is 11.2. The van der Waals surface area contributed by atoms with Crippen molar-refractivity contribution < 1.29 is 9.47 Å². The Hall–Kier alpha value is -1.13. The third-order valence-electron chi connectivity index (χ3n) is 2.84. The normalized spacial score (nSPS) is 19.4. The second-order valence-electron chi connectivity index (χ2n) is 5.11. The summed E-state index contributed by atoms with van der Waals surface area (Å²) in [6.07, 6.45) is 2.98. The molecule has 1 aliphatic heterocycles. The smallest absolute Gasteiger partial charge is 0.124 e. The van der Waals surface area contributed by atoms with Gasteiger partial charge in [0.05, 0.1) is 18.9 Å². The molecule has 0 radical (unpaired) electrons. The zero-order chi connectivity index (χ0) is 12.8. The lowest BCUT2D eigenvalue weighted by Crippen LogP contribution is -2.20. The number of nitrogens with one attached hydrogen (secondary N) is 1. The van der Waals surface area contributed by atoms with Crippen LogP contribution in [0.1, 0.15) is 26.0 Å². The number of pyridine rings is 1. The minimum absolute atomic E-state index is 0.198. The number of hydrogen-bond donors (Lipinski definition) is 1. The van der Waals surface area contributed by atoms with Gasteiger partial charge < -0.3 is 14.8 Å². The van der Waals surface area contributed by atoms with Crippen molar-refractivity contribution in [3.8, 4) is 5.75 Å². The van der Waals surface area contributed by atoms with E-state index >= 15 is 0 Å². The SMILES string of the molecule is CC(C)CNCc1cc(OC2CCOC2)ccn1. The van der Waals surface area contributed by atoms with Crippen molar-refractivity contribution in [3.05, 3.63) is 24.0 Å². The van der Waals surface area contributed by atoms with Crippen LogP contribution < -0.4 is 10.1 Å². The second-order valence-corrected chi connectivity index (χ2v) is 5.11. The highest BCUT2D eigenvalue weighted by molar-refractivity contribution is 5.23. The first-order valence-corrected chi connectivity index (χ1v) is 6.64. The van der Waals surface area contributed by atoms with Crippen molar-refractivity contribution in [2.75, 3.05) is 19.8 Å². The molecule has 0 amide bonds. The first-order chi connectivity index (χ1) is 8.74. The number of rotatable bonds is 6. The van der Waals surface area contributed by atoms with E-state index in [4.69, 9.17) is 9.47 Å². The zero-order valence-electron chi connectivity index (χ0n) is 11.2. The van der Waals surface area contributed by atoms with Crippen molar-refractivity contribution in [2.24, 2.45) is 5.92 Å². The molecular weight excluding hydrogens is 228 g/mol. The van der Waals surface area contributed by atoms with Crippen molar-refractivity contribution in [2.45, 2.75) is 32.9 Å². The van der Waals surface area contributed by atoms with Gasteiger partial charge in [0.15, 0.2) is 0 Å². The molecule has 1 aromatic heterocycles. The summed E-state index contributed by atoms with van der Waals surface area (Å²) in [6, 6.07) is 3.91. The third-order valence-corrected chi connectivity index (χ3v) is 2.84. The molecule has 1 aromatic rings. The Morgan fingerprint density at radius 2 is 2.44 bits per heavy atom. The van der Waals surface area contributed by atoms with E-state index in [-0.39, 0.29) is 6.10 Å². The van der Waals surface area contributed by atoms with Crippen LogP contribution in [0.15, 0.2) is 18.3 Å². The molecule has 0 bridgehead atoms. The van der Waals surface area contributed by atoms with E-state index in [1.54, 1.807) is 6.20 Å². The van der Waals surface area contributed by atoms with E-state index in [0.29, 0.717) is 12.5 Å². The third kappa shape index (κ3) is 4.27. The lowest BCUT2D eigenvalue weighted by molar-refractivity contribution is 0.141. The molecule has 2 heterocycles. The molecule has 18 heavy (non-hydrogen) atoms. The summed E-state index contributed by atoms with van der Waals surface area (Å²) >= 11 is 0. The molecule has 1 atom stereocenters. The fourth-order valence-corrected chi connectivity index (χ4v) is 1.91. The molecule has 0 aliphatic carbocycles. The van der Waals surface area contributed by atoms with Crippen molar-refractivity contribution in [1.29, 1.82) is 0 Å². The van der Waals surface area contributed by atoms with E-state index in [0.717, 1.165) is 37.6 Å². The molecule has 1 unspecified atom stereocenters. The predicted molar refractivity (Wildman–Crippen MR) is 70.6 cm³/mol. The fourth-order valence-electron chi connectivity index (χ4n) is 1.91. The average molecular weight is 250 g/mol. The number of nitrogens with zero attached hydrogens (tertiary/aromatic N) is 1. The van der Waals surface area contributed by atoms with Gasteiger partial charge in [-0.2, -0.15) is 0 Å².